The van der Waals surface area contributed by atoms with Crippen LogP contribution in [0.4, 0.5) is 5.82 Å². The third-order valence-electron chi connectivity index (χ3n) is 2.42. The Morgan fingerprint density at radius 1 is 1.05 bits per heavy atom. The maximum atomic E-state index is 5.70. The molecule has 0 aliphatic rings. The predicted molar refractivity (Wildman–Crippen MR) is 70.8 cm³/mol. The molecule has 0 saturated carbocycles. The van der Waals surface area contributed by atoms with Crippen LogP contribution in [0.5, 0.6) is 23.1 Å². The Kier molecular flexibility index (Phi) is 3.70. The molecule has 0 bridgehead atoms. The number of nitrogens with zero attached hydrogens (tertiary/aromatic N) is 2. The Balaban J connectivity index is 2.41. The molecule has 1 aromatic carbocycles. The molecular formula is C13H15N3O3. The van der Waals surface area contributed by atoms with Gasteiger partial charge in [-0.1, -0.05) is 6.07 Å². The summed E-state index contributed by atoms with van der Waals surface area (Å²) in [6, 6.07) is 6.90. The van der Waals surface area contributed by atoms with Crippen molar-refractivity contribution in [1.29, 1.82) is 0 Å². The predicted octanol–water partition coefficient (Wildman–Crippen LogP) is 2.18. The standard InChI is InChI=1S/C13H15N3O3/c1-8-15-11(14)7-12(16-8)19-13-9(17-2)5-4-6-10(13)18-3/h4-7H,1-3H3,(H2,14,15,16). The monoisotopic (exact) mass is 261 g/mol. The zero-order chi connectivity index (χ0) is 13.8. The zero-order valence-corrected chi connectivity index (χ0v) is 11.0. The molecule has 1 aromatic heterocycles. The summed E-state index contributed by atoms with van der Waals surface area (Å²) >= 11 is 0. The van der Waals surface area contributed by atoms with E-state index in [1.54, 1.807) is 39.3 Å². The number of nitrogen functional groups attached to an aromatic ring is 1. The van der Waals surface area contributed by atoms with Crippen LogP contribution in [0, 0.1) is 6.92 Å². The second-order valence-electron chi connectivity index (χ2n) is 3.77. The number of para-hydroxylation sites is 1. The molecular weight excluding hydrogens is 246 g/mol. The van der Waals surface area contributed by atoms with Crippen molar-refractivity contribution in [3.05, 3.63) is 30.1 Å². The van der Waals surface area contributed by atoms with E-state index in [-0.39, 0.29) is 0 Å². The van der Waals surface area contributed by atoms with Gasteiger partial charge >= 0.3 is 0 Å². The van der Waals surface area contributed by atoms with Crippen LogP contribution in [-0.4, -0.2) is 24.2 Å². The highest BCUT2D eigenvalue weighted by Gasteiger charge is 2.13. The van der Waals surface area contributed by atoms with Crippen LogP contribution in [0.1, 0.15) is 5.82 Å². The topological polar surface area (TPSA) is 79.5 Å². The molecule has 0 saturated heterocycles. The third-order valence-corrected chi connectivity index (χ3v) is 2.42. The van der Waals surface area contributed by atoms with E-state index in [0.29, 0.717) is 34.8 Å². The van der Waals surface area contributed by atoms with E-state index in [0.717, 1.165) is 0 Å². The second kappa shape index (κ2) is 5.43. The first kappa shape index (κ1) is 12.9. The molecule has 100 valence electrons. The summed E-state index contributed by atoms with van der Waals surface area (Å²) in [6.07, 6.45) is 0. The first-order chi connectivity index (χ1) is 9.13. The highest BCUT2D eigenvalue weighted by molar-refractivity contribution is 5.52. The van der Waals surface area contributed by atoms with E-state index in [4.69, 9.17) is 19.9 Å². The molecule has 0 aliphatic carbocycles. The smallest absolute Gasteiger partial charge is 0.225 e. The Bertz CT molecular complexity index is 545. The van der Waals surface area contributed by atoms with E-state index in [2.05, 4.69) is 9.97 Å². The number of aryl methyl sites for hydroxylation is 1. The van der Waals surface area contributed by atoms with Crippen molar-refractivity contribution in [3.8, 4) is 23.1 Å². The van der Waals surface area contributed by atoms with Crippen molar-refractivity contribution in [2.75, 3.05) is 20.0 Å². The number of benzene rings is 1. The van der Waals surface area contributed by atoms with Gasteiger partial charge in [0.05, 0.1) is 14.2 Å². The van der Waals surface area contributed by atoms with Gasteiger partial charge < -0.3 is 19.9 Å². The van der Waals surface area contributed by atoms with E-state index < -0.39 is 0 Å². The zero-order valence-electron chi connectivity index (χ0n) is 11.0. The van der Waals surface area contributed by atoms with Crippen LogP contribution < -0.4 is 19.9 Å². The minimum atomic E-state index is 0.341. The minimum Gasteiger partial charge on any atom is -0.493 e. The fraction of sp³-hybridized carbons (Fsp3) is 0.231. The number of methoxy groups -OCH3 is 2. The number of ether oxygens (including phenoxy) is 3. The number of anilines is 1. The molecule has 0 radical (unpaired) electrons. The van der Waals surface area contributed by atoms with E-state index >= 15 is 0 Å². The summed E-state index contributed by atoms with van der Waals surface area (Å²) in [6.45, 7) is 1.74. The van der Waals surface area contributed by atoms with Gasteiger partial charge in [-0.2, -0.15) is 4.98 Å². The van der Waals surface area contributed by atoms with Gasteiger partial charge in [-0.25, -0.2) is 4.98 Å². The summed E-state index contributed by atoms with van der Waals surface area (Å²) in [4.78, 5) is 8.14. The third kappa shape index (κ3) is 2.85. The molecule has 0 atom stereocenters. The van der Waals surface area contributed by atoms with Gasteiger partial charge in [-0.15, -0.1) is 0 Å². The molecule has 0 unspecified atom stereocenters. The lowest BCUT2D eigenvalue weighted by atomic mass is 10.3. The van der Waals surface area contributed by atoms with E-state index in [1.807, 2.05) is 6.07 Å². The number of nitrogens with two attached hydrogens (primary N) is 1. The summed E-state index contributed by atoms with van der Waals surface area (Å²) in [5.41, 5.74) is 5.66. The van der Waals surface area contributed by atoms with Crippen LogP contribution in [-0.2, 0) is 0 Å². The molecule has 2 aromatic rings. The number of rotatable bonds is 4. The largest absolute Gasteiger partial charge is 0.493 e. The molecule has 0 amide bonds. The Hall–Kier alpha value is -2.50. The molecule has 0 spiro atoms. The summed E-state index contributed by atoms with van der Waals surface area (Å²) in [5, 5.41) is 0. The minimum absolute atomic E-state index is 0.341. The van der Waals surface area contributed by atoms with Crippen LogP contribution in [0.3, 0.4) is 0 Å². The Morgan fingerprint density at radius 3 is 2.21 bits per heavy atom. The highest BCUT2D eigenvalue weighted by atomic mass is 16.5. The molecule has 0 fully saturated rings. The van der Waals surface area contributed by atoms with E-state index in [1.165, 1.54) is 0 Å². The van der Waals surface area contributed by atoms with Gasteiger partial charge in [-0.05, 0) is 19.1 Å². The quantitative estimate of drug-likeness (QED) is 0.908. The van der Waals surface area contributed by atoms with E-state index in [9.17, 15) is 0 Å². The van der Waals surface area contributed by atoms with Crippen LogP contribution in [0.15, 0.2) is 24.3 Å². The average Bonchev–Trinajstić information content (AvgIpc) is 2.37. The average molecular weight is 261 g/mol. The first-order valence-corrected chi connectivity index (χ1v) is 5.64. The lowest BCUT2D eigenvalue weighted by Crippen LogP contribution is -2.00. The van der Waals surface area contributed by atoms with Crippen molar-refractivity contribution in [1.82, 2.24) is 9.97 Å². The lowest BCUT2D eigenvalue weighted by Gasteiger charge is -2.13. The Morgan fingerprint density at radius 2 is 1.68 bits per heavy atom. The molecule has 6 heteroatoms. The first-order valence-electron chi connectivity index (χ1n) is 5.64. The Labute approximate surface area is 111 Å². The summed E-state index contributed by atoms with van der Waals surface area (Å²) in [5.74, 6) is 2.77. The van der Waals surface area contributed by atoms with Gasteiger partial charge in [0.25, 0.3) is 0 Å². The summed E-state index contributed by atoms with van der Waals surface area (Å²) < 4.78 is 16.2. The molecule has 2 rings (SSSR count). The SMILES string of the molecule is COc1cccc(OC)c1Oc1cc(N)nc(C)n1. The number of hydrogen-bond acceptors (Lipinski definition) is 6. The molecule has 1 heterocycles. The maximum Gasteiger partial charge on any atom is 0.225 e. The van der Waals surface area contributed by atoms with Crippen molar-refractivity contribution >= 4 is 5.82 Å². The summed E-state index contributed by atoms with van der Waals surface area (Å²) in [7, 11) is 3.11. The van der Waals surface area contributed by atoms with Crippen molar-refractivity contribution in [2.24, 2.45) is 0 Å². The maximum absolute atomic E-state index is 5.70. The second-order valence-corrected chi connectivity index (χ2v) is 3.77. The lowest BCUT2D eigenvalue weighted by molar-refractivity contribution is 0.341. The van der Waals surface area contributed by atoms with Crippen molar-refractivity contribution in [2.45, 2.75) is 6.92 Å². The van der Waals surface area contributed by atoms with Crippen molar-refractivity contribution < 1.29 is 14.2 Å². The molecule has 19 heavy (non-hydrogen) atoms. The number of hydrogen-bond donors (Lipinski definition) is 1. The van der Waals surface area contributed by atoms with Gasteiger partial charge in [0, 0.05) is 6.07 Å². The molecule has 6 nitrogen and oxygen atoms in total. The normalized spacial score (nSPS) is 10.1. The van der Waals surface area contributed by atoms with Gasteiger partial charge in [0.1, 0.15) is 11.6 Å². The van der Waals surface area contributed by atoms with Gasteiger partial charge in [0.2, 0.25) is 11.6 Å². The number of aromatic nitrogens is 2. The van der Waals surface area contributed by atoms with Crippen molar-refractivity contribution in [3.63, 3.8) is 0 Å². The van der Waals surface area contributed by atoms with Gasteiger partial charge in [0.15, 0.2) is 11.5 Å². The van der Waals surface area contributed by atoms with Crippen LogP contribution in [0.25, 0.3) is 0 Å². The van der Waals surface area contributed by atoms with Gasteiger partial charge in [-0.3, -0.25) is 0 Å². The van der Waals surface area contributed by atoms with Crippen LogP contribution in [0.2, 0.25) is 0 Å². The highest BCUT2D eigenvalue weighted by Crippen LogP contribution is 2.39. The molecule has 0 aliphatic heterocycles. The fourth-order valence-electron chi connectivity index (χ4n) is 1.64. The fourth-order valence-corrected chi connectivity index (χ4v) is 1.64. The van der Waals surface area contributed by atoms with Crippen LogP contribution >= 0.6 is 0 Å². The molecule has 2 N–H and O–H groups in total.